The molecule has 0 aliphatic heterocycles. The quantitative estimate of drug-likeness (QED) is 0.0522. The molecule has 0 aliphatic carbocycles. The van der Waals surface area contributed by atoms with Gasteiger partial charge in [0.05, 0.1) is 24.3 Å². The van der Waals surface area contributed by atoms with Crippen LogP contribution in [0.15, 0.2) is 46.6 Å². The van der Waals surface area contributed by atoms with E-state index < -0.39 is 28.6 Å². The molecule has 8 atom stereocenters. The number of carbonyl (C=O) groups is 4. The van der Waals surface area contributed by atoms with E-state index in [1.807, 2.05) is 19.1 Å². The first-order valence-electron chi connectivity index (χ1n) is 24.5. The SMILES string of the molecule is C/C=C(\C)[C@@H](O[Si](C)(C)C(C)(C)C)[C@@H](C)[C@@H](C)C/C=C(\C)C(=O)N[C@H](CC(C)C)C(C)=O.C/C=C(\C)[C@@H](O[Si](C)(C)C(C)(C)C)[C@@H](C)[C@@H](C)C/C=C(\C)C(=O)O.CC(=O)[C@H](N)CC(C)C. The van der Waals surface area contributed by atoms with E-state index in [0.29, 0.717) is 53.1 Å². The Morgan fingerprint density at radius 2 is 0.938 bits per heavy atom. The van der Waals surface area contributed by atoms with Crippen molar-refractivity contribution in [2.24, 2.45) is 41.2 Å². The summed E-state index contributed by atoms with van der Waals surface area (Å²) in [6.45, 7) is 54.9. The lowest BCUT2D eigenvalue weighted by molar-refractivity contribution is -0.132. The van der Waals surface area contributed by atoms with Crippen molar-refractivity contribution < 1.29 is 33.1 Å². The van der Waals surface area contributed by atoms with Gasteiger partial charge in [-0.05, 0) is 164 Å². The number of allylic oxidation sites excluding steroid dienone is 4. The van der Waals surface area contributed by atoms with Gasteiger partial charge < -0.3 is 25.0 Å². The summed E-state index contributed by atoms with van der Waals surface area (Å²) in [4.78, 5) is 46.1. The van der Waals surface area contributed by atoms with Gasteiger partial charge in [-0.1, -0.05) is 121 Å². The predicted molar refractivity (Wildman–Crippen MR) is 284 cm³/mol. The fourth-order valence-electron chi connectivity index (χ4n) is 6.22. The minimum absolute atomic E-state index is 0.00860. The Morgan fingerprint density at radius 1 is 0.600 bits per heavy atom. The van der Waals surface area contributed by atoms with Crippen molar-refractivity contribution in [1.29, 1.82) is 0 Å². The van der Waals surface area contributed by atoms with Gasteiger partial charge >= 0.3 is 5.97 Å². The van der Waals surface area contributed by atoms with Gasteiger partial charge in [-0.2, -0.15) is 0 Å². The van der Waals surface area contributed by atoms with Crippen LogP contribution in [0.25, 0.3) is 0 Å². The van der Waals surface area contributed by atoms with Crippen LogP contribution in [-0.2, 0) is 28.0 Å². The number of carboxylic acids is 1. The monoisotopic (exact) mass is 949 g/mol. The van der Waals surface area contributed by atoms with Crippen LogP contribution in [0.3, 0.4) is 0 Å². The van der Waals surface area contributed by atoms with Crippen LogP contribution < -0.4 is 11.1 Å². The molecule has 0 aromatic carbocycles. The van der Waals surface area contributed by atoms with Crippen LogP contribution in [0.4, 0.5) is 0 Å². The molecule has 0 saturated heterocycles. The highest BCUT2D eigenvalue weighted by molar-refractivity contribution is 6.74. The summed E-state index contributed by atoms with van der Waals surface area (Å²) in [7, 11) is -3.78. The number of carbonyl (C=O) groups excluding carboxylic acids is 3. The molecule has 0 saturated carbocycles. The Morgan fingerprint density at radius 3 is 1.18 bits per heavy atom. The first-order chi connectivity index (χ1) is 29.2. The lowest BCUT2D eigenvalue weighted by Crippen LogP contribution is -2.46. The van der Waals surface area contributed by atoms with Gasteiger partial charge in [0.2, 0.25) is 5.91 Å². The average Bonchev–Trinajstić information content (AvgIpc) is 3.17. The standard InChI is InChI=1S/C27H51NO3Si.C20H38O3Si.C7H15NO/c1-14-19(4)25(31-32(12,13)27(9,10)11)22(7)20(5)15-16-21(6)26(30)28-24(23(8)29)17-18(2)3;1-11-14(2)18(23-24(9,10)20(6,7)8)17(5)15(3)12-13-16(4)19(21)22;1-5(2)4-7(8)6(3)9/h14,16,18,20,22,24-25H,15,17H2,1-13H3,(H,28,30);11,13,15,17-18H,12H2,1-10H3,(H,21,22);5,7H,4,8H2,1-3H3/b19-14+,21-16+;14-11+,16-13+;/t20-,22-,24+,25+;15-,17-,18+;7-/m001/s1. The topological polar surface area (TPSA) is 145 Å². The van der Waals surface area contributed by atoms with Gasteiger partial charge in [0, 0.05) is 11.1 Å². The lowest BCUT2D eigenvalue weighted by Gasteiger charge is -2.42. The Hall–Kier alpha value is -2.45. The number of ketones is 2. The molecule has 0 unspecified atom stereocenters. The van der Waals surface area contributed by atoms with Crippen molar-refractivity contribution in [3.05, 3.63) is 46.6 Å². The molecular weight excluding hydrogens is 845 g/mol. The number of nitrogens with one attached hydrogen (secondary N) is 1. The van der Waals surface area contributed by atoms with Crippen LogP contribution in [0.1, 0.15) is 178 Å². The number of carboxylic acid groups (broad SMARTS) is 1. The van der Waals surface area contributed by atoms with Crippen molar-refractivity contribution in [1.82, 2.24) is 5.32 Å². The van der Waals surface area contributed by atoms with Crippen LogP contribution in [0.5, 0.6) is 0 Å². The third-order valence-electron chi connectivity index (χ3n) is 14.1. The third-order valence-corrected chi connectivity index (χ3v) is 23.0. The minimum Gasteiger partial charge on any atom is -0.478 e. The van der Waals surface area contributed by atoms with E-state index in [-0.39, 0.29) is 45.8 Å². The molecule has 380 valence electrons. The van der Waals surface area contributed by atoms with Crippen molar-refractivity contribution in [2.75, 3.05) is 0 Å². The molecule has 11 heteroatoms. The summed E-state index contributed by atoms with van der Waals surface area (Å²) in [5.74, 6) is 1.32. The van der Waals surface area contributed by atoms with Gasteiger partial charge in [0.25, 0.3) is 0 Å². The number of aliphatic carboxylic acids is 1. The molecule has 9 nitrogen and oxygen atoms in total. The average molecular weight is 950 g/mol. The fourth-order valence-corrected chi connectivity index (χ4v) is 9.00. The van der Waals surface area contributed by atoms with Crippen LogP contribution in [-0.4, -0.2) is 69.5 Å². The number of nitrogens with two attached hydrogens (primary N) is 1. The van der Waals surface area contributed by atoms with E-state index >= 15 is 0 Å². The van der Waals surface area contributed by atoms with Crippen molar-refractivity contribution in [3.63, 3.8) is 0 Å². The number of hydrogen-bond donors (Lipinski definition) is 3. The Balaban J connectivity index is -0.00000102. The number of amides is 1. The third kappa shape index (κ3) is 26.0. The molecule has 0 fully saturated rings. The first-order valence-corrected chi connectivity index (χ1v) is 30.3. The second kappa shape index (κ2) is 30.1. The van der Waals surface area contributed by atoms with E-state index in [4.69, 9.17) is 19.7 Å². The summed E-state index contributed by atoms with van der Waals surface area (Å²) in [6, 6.07) is -0.660. The summed E-state index contributed by atoms with van der Waals surface area (Å²) in [6.07, 6.45) is 11.3. The Kier molecular flexibility index (Phi) is 31.0. The maximum atomic E-state index is 12.6. The van der Waals surface area contributed by atoms with Gasteiger partial charge in [-0.25, -0.2) is 4.79 Å². The highest BCUT2D eigenvalue weighted by atomic mass is 28.4. The zero-order valence-electron chi connectivity index (χ0n) is 46.9. The smallest absolute Gasteiger partial charge is 0.330 e. The van der Waals surface area contributed by atoms with Gasteiger partial charge in [-0.15, -0.1) is 0 Å². The van der Waals surface area contributed by atoms with E-state index in [2.05, 4.69) is 168 Å². The summed E-state index contributed by atoms with van der Waals surface area (Å²) >= 11 is 0. The zero-order chi connectivity index (χ0) is 52.2. The summed E-state index contributed by atoms with van der Waals surface area (Å²) < 4.78 is 13.6. The normalized spacial score (nSPS) is 17.4. The molecule has 0 rings (SSSR count). The molecule has 4 N–H and O–H groups in total. The molecule has 0 aromatic rings. The van der Waals surface area contributed by atoms with Crippen LogP contribution >= 0.6 is 0 Å². The van der Waals surface area contributed by atoms with Crippen molar-refractivity contribution >= 4 is 40.1 Å². The molecule has 0 spiro atoms. The van der Waals surface area contributed by atoms with Gasteiger partial charge in [-0.3, -0.25) is 14.4 Å². The van der Waals surface area contributed by atoms with Crippen LogP contribution in [0.2, 0.25) is 36.3 Å². The molecule has 0 radical (unpaired) electrons. The molecule has 65 heavy (non-hydrogen) atoms. The molecule has 0 bridgehead atoms. The second-order valence-electron chi connectivity index (χ2n) is 23.0. The molecule has 0 aliphatic rings. The first kappa shape index (κ1) is 66.8. The largest absolute Gasteiger partial charge is 0.478 e. The van der Waals surface area contributed by atoms with E-state index in [1.54, 1.807) is 13.8 Å². The molecule has 1 amide bonds. The molecule has 0 heterocycles. The highest BCUT2D eigenvalue weighted by Crippen LogP contribution is 2.41. The van der Waals surface area contributed by atoms with E-state index in [1.165, 1.54) is 18.1 Å². The summed E-state index contributed by atoms with van der Waals surface area (Å²) in [5.41, 5.74) is 9.08. The molecular formula is C54H104N2O7Si2. The number of Topliss-reactive ketones (excluding diaryl/α,β-unsaturated/α-hetero) is 2. The zero-order valence-corrected chi connectivity index (χ0v) is 48.9. The van der Waals surface area contributed by atoms with E-state index in [0.717, 1.165) is 19.3 Å². The van der Waals surface area contributed by atoms with Crippen molar-refractivity contribution in [2.45, 2.75) is 239 Å². The number of rotatable bonds is 23. The fraction of sp³-hybridized carbons (Fsp3) is 0.778. The van der Waals surface area contributed by atoms with Gasteiger partial charge in [0.1, 0.15) is 5.78 Å². The lowest BCUT2D eigenvalue weighted by atomic mass is 9.85. The highest BCUT2D eigenvalue weighted by Gasteiger charge is 2.42. The maximum Gasteiger partial charge on any atom is 0.330 e. The van der Waals surface area contributed by atoms with Crippen molar-refractivity contribution in [3.8, 4) is 0 Å². The number of hydrogen-bond acceptors (Lipinski definition) is 7. The van der Waals surface area contributed by atoms with Crippen LogP contribution in [0, 0.1) is 35.5 Å². The van der Waals surface area contributed by atoms with Gasteiger partial charge in [0.15, 0.2) is 22.4 Å². The maximum absolute atomic E-state index is 12.6. The van der Waals surface area contributed by atoms with E-state index in [9.17, 15) is 19.2 Å². The summed E-state index contributed by atoms with van der Waals surface area (Å²) in [5, 5.41) is 12.2. The minimum atomic E-state index is -1.91. The Labute approximate surface area is 403 Å². The second-order valence-corrected chi connectivity index (χ2v) is 32.5. The predicted octanol–water partition coefficient (Wildman–Crippen LogP) is 14.1. The molecule has 0 aromatic heterocycles. The Bertz CT molecular complexity index is 1590.